The number of ketones is 1. The lowest BCUT2D eigenvalue weighted by atomic mass is 9.61. The Morgan fingerprint density at radius 2 is 1.58 bits per heavy atom. The van der Waals surface area contributed by atoms with E-state index in [2.05, 4.69) is 22.4 Å². The van der Waals surface area contributed by atoms with Crippen molar-refractivity contribution in [2.24, 2.45) is 10.2 Å². The standard InChI is InChI=1S/C22H22N2O2/c1-4-26-20-15(2)19(25)22(18-13-9-6-10-14-18)21(20,16(3)23-24-22)17-11-7-5-8-12-17/h5-14,16H,4H2,1-3H3/t16-,21-,22-/m0/s1. The Morgan fingerprint density at radius 1 is 1.00 bits per heavy atom. The molecule has 0 bridgehead atoms. The summed E-state index contributed by atoms with van der Waals surface area (Å²) in [5.41, 5.74) is 0.646. The van der Waals surface area contributed by atoms with E-state index in [1.807, 2.05) is 69.3 Å². The largest absolute Gasteiger partial charge is 0.497 e. The topological polar surface area (TPSA) is 51.0 Å². The van der Waals surface area contributed by atoms with Gasteiger partial charge < -0.3 is 4.74 Å². The summed E-state index contributed by atoms with van der Waals surface area (Å²) < 4.78 is 6.11. The lowest BCUT2D eigenvalue weighted by molar-refractivity contribution is -0.121. The minimum absolute atomic E-state index is 0.0240. The van der Waals surface area contributed by atoms with Crippen LogP contribution < -0.4 is 0 Å². The van der Waals surface area contributed by atoms with Gasteiger partial charge in [-0.3, -0.25) is 4.79 Å². The van der Waals surface area contributed by atoms with Crippen molar-refractivity contribution in [3.63, 3.8) is 0 Å². The van der Waals surface area contributed by atoms with E-state index in [1.54, 1.807) is 0 Å². The zero-order chi connectivity index (χ0) is 18.4. The molecule has 4 nitrogen and oxygen atoms in total. The average Bonchev–Trinajstić information content (AvgIpc) is 3.09. The second-order valence-corrected chi connectivity index (χ2v) is 6.86. The molecule has 2 aromatic carbocycles. The molecule has 0 unspecified atom stereocenters. The predicted molar refractivity (Wildman–Crippen MR) is 99.9 cm³/mol. The molecule has 26 heavy (non-hydrogen) atoms. The van der Waals surface area contributed by atoms with E-state index in [1.165, 1.54) is 0 Å². The van der Waals surface area contributed by atoms with Crippen LogP contribution in [0.3, 0.4) is 0 Å². The molecule has 132 valence electrons. The van der Waals surface area contributed by atoms with Crippen LogP contribution in [0.2, 0.25) is 0 Å². The minimum Gasteiger partial charge on any atom is -0.497 e. The highest BCUT2D eigenvalue weighted by atomic mass is 16.5. The average molecular weight is 346 g/mol. The molecule has 3 atom stereocenters. The highest BCUT2D eigenvalue weighted by Gasteiger charge is 2.72. The Labute approximate surface area is 153 Å². The van der Waals surface area contributed by atoms with Crippen LogP contribution in [0, 0.1) is 0 Å². The van der Waals surface area contributed by atoms with E-state index in [-0.39, 0.29) is 11.8 Å². The van der Waals surface area contributed by atoms with Gasteiger partial charge in [0.1, 0.15) is 11.2 Å². The Kier molecular flexibility index (Phi) is 3.79. The normalized spacial score (nSPS) is 30.0. The number of hydrogen-bond donors (Lipinski definition) is 0. The van der Waals surface area contributed by atoms with Crippen LogP contribution in [-0.2, 0) is 20.5 Å². The van der Waals surface area contributed by atoms with Gasteiger partial charge in [-0.1, -0.05) is 60.7 Å². The fourth-order valence-corrected chi connectivity index (χ4v) is 4.63. The molecule has 0 aromatic heterocycles. The number of nitrogens with zero attached hydrogens (tertiary/aromatic N) is 2. The molecule has 4 heteroatoms. The van der Waals surface area contributed by atoms with Crippen molar-refractivity contribution in [3.05, 3.63) is 83.1 Å². The molecule has 2 aromatic rings. The molecule has 1 aliphatic heterocycles. The Morgan fingerprint density at radius 3 is 2.15 bits per heavy atom. The molecule has 4 rings (SSSR count). The molecule has 0 spiro atoms. The van der Waals surface area contributed by atoms with Gasteiger partial charge in [0.2, 0.25) is 0 Å². The van der Waals surface area contributed by atoms with E-state index in [9.17, 15) is 4.79 Å². The van der Waals surface area contributed by atoms with Gasteiger partial charge in [0.25, 0.3) is 0 Å². The lowest BCUT2D eigenvalue weighted by Crippen LogP contribution is -2.52. The van der Waals surface area contributed by atoms with Crippen LogP contribution in [0.5, 0.6) is 0 Å². The van der Waals surface area contributed by atoms with Crippen LogP contribution in [-0.4, -0.2) is 18.4 Å². The second-order valence-electron chi connectivity index (χ2n) is 6.86. The van der Waals surface area contributed by atoms with Crippen molar-refractivity contribution >= 4 is 5.78 Å². The molecular formula is C22H22N2O2. The van der Waals surface area contributed by atoms with E-state index < -0.39 is 11.0 Å². The molecule has 0 radical (unpaired) electrons. The first-order valence-corrected chi connectivity index (χ1v) is 9.02. The third kappa shape index (κ3) is 1.82. The second kappa shape index (κ2) is 5.90. The van der Waals surface area contributed by atoms with E-state index in [4.69, 9.17) is 4.74 Å². The van der Waals surface area contributed by atoms with Gasteiger partial charge in [-0.25, -0.2) is 0 Å². The minimum atomic E-state index is -1.11. The zero-order valence-corrected chi connectivity index (χ0v) is 15.3. The van der Waals surface area contributed by atoms with Crippen molar-refractivity contribution in [3.8, 4) is 0 Å². The number of hydrogen-bond acceptors (Lipinski definition) is 4. The molecule has 0 saturated carbocycles. The van der Waals surface area contributed by atoms with Crippen molar-refractivity contribution in [1.82, 2.24) is 0 Å². The summed E-state index contributed by atoms with van der Waals surface area (Å²) in [7, 11) is 0. The van der Waals surface area contributed by atoms with E-state index in [0.29, 0.717) is 17.9 Å². The Bertz CT molecular complexity index is 904. The van der Waals surface area contributed by atoms with Crippen LogP contribution in [0.4, 0.5) is 0 Å². The Hall–Kier alpha value is -2.75. The number of carbonyl (C=O) groups is 1. The fourth-order valence-electron chi connectivity index (χ4n) is 4.63. The van der Waals surface area contributed by atoms with Crippen molar-refractivity contribution in [2.45, 2.75) is 37.8 Å². The number of Topliss-reactive ketones (excluding diaryl/α,β-unsaturated/α-hetero) is 1. The summed E-state index contributed by atoms with van der Waals surface area (Å²) in [4.78, 5) is 13.6. The third-order valence-electron chi connectivity index (χ3n) is 5.66. The van der Waals surface area contributed by atoms with E-state index in [0.717, 1.165) is 11.1 Å². The maximum absolute atomic E-state index is 13.6. The van der Waals surface area contributed by atoms with Crippen molar-refractivity contribution in [1.29, 1.82) is 0 Å². The van der Waals surface area contributed by atoms with Crippen LogP contribution in [0.1, 0.15) is 31.9 Å². The summed E-state index contributed by atoms with van der Waals surface area (Å²) >= 11 is 0. The van der Waals surface area contributed by atoms with E-state index >= 15 is 0 Å². The first-order valence-electron chi connectivity index (χ1n) is 9.02. The molecule has 0 saturated heterocycles. The van der Waals surface area contributed by atoms with Gasteiger partial charge in [0.05, 0.1) is 12.6 Å². The number of benzene rings is 2. The van der Waals surface area contributed by atoms with Gasteiger partial charge in [0.15, 0.2) is 11.3 Å². The molecule has 0 amide bonds. The summed E-state index contributed by atoms with van der Waals surface area (Å²) in [5.74, 6) is 0.682. The fraction of sp³-hybridized carbons (Fsp3) is 0.318. The summed E-state index contributed by atoms with van der Waals surface area (Å²) in [6, 6.07) is 19.6. The van der Waals surface area contributed by atoms with Crippen LogP contribution >= 0.6 is 0 Å². The summed E-state index contributed by atoms with van der Waals surface area (Å²) in [5, 5.41) is 9.17. The number of fused-ring (bicyclic) bond motifs is 1. The molecule has 0 N–H and O–H groups in total. The van der Waals surface area contributed by atoms with Crippen molar-refractivity contribution < 1.29 is 9.53 Å². The molecular weight excluding hydrogens is 324 g/mol. The smallest absolute Gasteiger partial charge is 0.197 e. The maximum Gasteiger partial charge on any atom is 0.197 e. The number of rotatable bonds is 4. The molecule has 1 aliphatic carbocycles. The first-order chi connectivity index (χ1) is 12.6. The highest BCUT2D eigenvalue weighted by Crippen LogP contribution is 2.62. The quantitative estimate of drug-likeness (QED) is 0.814. The SMILES string of the molecule is CCOC1=C(C)C(=O)[C@]2(c3ccccc3)N=N[C@@H](C)[C@]12c1ccccc1. The van der Waals surface area contributed by atoms with Gasteiger partial charge in [-0.15, -0.1) is 0 Å². The first kappa shape index (κ1) is 16.7. The van der Waals surface area contributed by atoms with Crippen LogP contribution in [0.25, 0.3) is 0 Å². The third-order valence-corrected chi connectivity index (χ3v) is 5.66. The molecule has 1 heterocycles. The maximum atomic E-state index is 13.6. The summed E-state index contributed by atoms with van der Waals surface area (Å²) in [6.45, 7) is 6.31. The molecule has 0 fully saturated rings. The zero-order valence-electron chi connectivity index (χ0n) is 15.3. The van der Waals surface area contributed by atoms with Crippen LogP contribution in [0.15, 0.2) is 82.2 Å². The van der Waals surface area contributed by atoms with Gasteiger partial charge in [-0.2, -0.15) is 10.2 Å². The van der Waals surface area contributed by atoms with Gasteiger partial charge in [0, 0.05) is 5.57 Å². The Balaban J connectivity index is 2.10. The monoisotopic (exact) mass is 346 g/mol. The number of ether oxygens (including phenoxy) is 1. The number of carbonyl (C=O) groups excluding carboxylic acids is 1. The number of azo groups is 1. The lowest BCUT2D eigenvalue weighted by Gasteiger charge is -2.41. The highest BCUT2D eigenvalue weighted by molar-refractivity contribution is 6.09. The van der Waals surface area contributed by atoms with Crippen molar-refractivity contribution in [2.75, 3.05) is 6.61 Å². The van der Waals surface area contributed by atoms with Gasteiger partial charge in [-0.05, 0) is 31.9 Å². The predicted octanol–water partition coefficient (Wildman–Crippen LogP) is 4.57. The van der Waals surface area contributed by atoms with Gasteiger partial charge >= 0.3 is 0 Å². The molecule has 2 aliphatic rings. The summed E-state index contributed by atoms with van der Waals surface area (Å²) in [6.07, 6.45) is 0.